The van der Waals surface area contributed by atoms with Gasteiger partial charge in [-0.25, -0.2) is 8.42 Å². The van der Waals surface area contributed by atoms with Gasteiger partial charge in [0, 0.05) is 0 Å². The van der Waals surface area contributed by atoms with Gasteiger partial charge in [0.1, 0.15) is 5.69 Å². The number of rotatable bonds is 4. The van der Waals surface area contributed by atoms with Gasteiger partial charge in [0.2, 0.25) is 5.91 Å². The van der Waals surface area contributed by atoms with Crippen molar-refractivity contribution in [2.24, 2.45) is 16.1 Å². The second-order valence-electron chi connectivity index (χ2n) is 6.65. The second kappa shape index (κ2) is 7.37. The first-order valence-corrected chi connectivity index (χ1v) is 10.2. The number of carbonyl (C=O) groups excluding carboxylic acids is 1. The first-order chi connectivity index (χ1) is 12.3. The van der Waals surface area contributed by atoms with Crippen LogP contribution in [0.3, 0.4) is 0 Å². The number of anilines is 1. The number of nitrogens with zero attached hydrogens (tertiary/aromatic N) is 2. The van der Waals surface area contributed by atoms with Gasteiger partial charge in [-0.2, -0.15) is 5.11 Å². The molecule has 3 rings (SSSR count). The quantitative estimate of drug-likeness (QED) is 0.821. The minimum Gasteiger partial charge on any atom is -0.324 e. The van der Waals surface area contributed by atoms with E-state index in [1.165, 1.54) is 0 Å². The summed E-state index contributed by atoms with van der Waals surface area (Å²) < 4.78 is 23.2. The van der Waals surface area contributed by atoms with Gasteiger partial charge in [-0.15, -0.1) is 5.11 Å². The fourth-order valence-corrected chi connectivity index (χ4v) is 4.53. The molecule has 1 saturated heterocycles. The Labute approximate surface area is 153 Å². The van der Waals surface area contributed by atoms with Crippen LogP contribution in [0.1, 0.15) is 17.5 Å². The Morgan fingerprint density at radius 3 is 2.38 bits per heavy atom. The van der Waals surface area contributed by atoms with Gasteiger partial charge in [-0.3, -0.25) is 4.79 Å². The zero-order valence-electron chi connectivity index (χ0n) is 14.8. The number of nitrogens with one attached hydrogen (secondary N) is 1. The molecule has 1 atom stereocenters. The molecule has 6 nitrogen and oxygen atoms in total. The van der Waals surface area contributed by atoms with E-state index in [-0.39, 0.29) is 17.4 Å². The molecule has 1 fully saturated rings. The molecule has 26 heavy (non-hydrogen) atoms. The van der Waals surface area contributed by atoms with Crippen molar-refractivity contribution in [2.45, 2.75) is 20.3 Å². The van der Waals surface area contributed by atoms with Gasteiger partial charge in [0.25, 0.3) is 0 Å². The molecule has 0 radical (unpaired) electrons. The summed E-state index contributed by atoms with van der Waals surface area (Å²) in [5.74, 6) is -0.825. The zero-order chi connectivity index (χ0) is 18.7. The van der Waals surface area contributed by atoms with Crippen molar-refractivity contribution in [2.75, 3.05) is 16.8 Å². The van der Waals surface area contributed by atoms with E-state index in [1.54, 1.807) is 6.07 Å². The maximum absolute atomic E-state index is 12.4. The number of azo groups is 1. The summed E-state index contributed by atoms with van der Waals surface area (Å²) in [7, 11) is -3.10. The van der Waals surface area contributed by atoms with E-state index in [0.29, 0.717) is 17.8 Å². The number of sulfone groups is 1. The molecule has 0 spiro atoms. The summed E-state index contributed by atoms with van der Waals surface area (Å²) in [6.07, 6.45) is 0.361. The Morgan fingerprint density at radius 2 is 1.73 bits per heavy atom. The molecule has 0 unspecified atom stereocenters. The molecule has 1 N–H and O–H groups in total. The lowest BCUT2D eigenvalue weighted by Gasteiger charge is -2.11. The topological polar surface area (TPSA) is 88.0 Å². The highest BCUT2D eigenvalue weighted by Crippen LogP contribution is 2.30. The molecule has 1 aliphatic heterocycles. The van der Waals surface area contributed by atoms with E-state index in [9.17, 15) is 13.2 Å². The molecule has 0 aliphatic carbocycles. The number of aryl methyl sites for hydroxylation is 2. The van der Waals surface area contributed by atoms with Gasteiger partial charge in [-0.05, 0) is 50.1 Å². The van der Waals surface area contributed by atoms with Gasteiger partial charge < -0.3 is 5.32 Å². The first-order valence-electron chi connectivity index (χ1n) is 8.43. The van der Waals surface area contributed by atoms with E-state index in [0.717, 1.165) is 16.8 Å². The molecule has 1 amide bonds. The predicted molar refractivity (Wildman–Crippen MR) is 102 cm³/mol. The number of benzene rings is 2. The standard InChI is InChI=1S/C19H21N3O3S/c1-13-3-6-16(7-4-13)21-22-18-11-14(2)5-8-17(18)20-19(23)15-9-10-26(24,25)12-15/h3-8,11,15H,9-10,12H2,1-2H3,(H,20,23)/t15-/m0/s1. The minimum atomic E-state index is -3.10. The van der Waals surface area contributed by atoms with E-state index < -0.39 is 15.8 Å². The monoisotopic (exact) mass is 371 g/mol. The lowest BCUT2D eigenvalue weighted by Crippen LogP contribution is -2.23. The third-order valence-electron chi connectivity index (χ3n) is 4.32. The molecule has 0 saturated carbocycles. The van der Waals surface area contributed by atoms with Crippen LogP contribution in [0.4, 0.5) is 17.1 Å². The Morgan fingerprint density at radius 1 is 1.04 bits per heavy atom. The molecule has 0 bridgehead atoms. The Bertz CT molecular complexity index is 950. The van der Waals surface area contributed by atoms with Crippen LogP contribution >= 0.6 is 0 Å². The van der Waals surface area contributed by atoms with Crippen molar-refractivity contribution in [3.8, 4) is 0 Å². The zero-order valence-corrected chi connectivity index (χ0v) is 15.6. The van der Waals surface area contributed by atoms with Gasteiger partial charge in [0.05, 0.1) is 28.8 Å². The Kier molecular flexibility index (Phi) is 5.18. The molecule has 136 valence electrons. The van der Waals surface area contributed by atoms with Crippen LogP contribution in [0.2, 0.25) is 0 Å². The number of hydrogen-bond donors (Lipinski definition) is 1. The second-order valence-corrected chi connectivity index (χ2v) is 8.87. The number of amides is 1. The first kappa shape index (κ1) is 18.3. The van der Waals surface area contributed by atoms with Crippen LogP contribution in [0.5, 0.6) is 0 Å². The summed E-state index contributed by atoms with van der Waals surface area (Å²) in [5.41, 5.74) is 3.92. The lowest BCUT2D eigenvalue weighted by molar-refractivity contribution is -0.119. The molecular formula is C19H21N3O3S. The van der Waals surface area contributed by atoms with Gasteiger partial charge >= 0.3 is 0 Å². The van der Waals surface area contributed by atoms with E-state index >= 15 is 0 Å². The average Bonchev–Trinajstić information content (AvgIpc) is 2.96. The largest absolute Gasteiger partial charge is 0.324 e. The lowest BCUT2D eigenvalue weighted by atomic mass is 10.1. The van der Waals surface area contributed by atoms with Crippen molar-refractivity contribution >= 4 is 32.8 Å². The summed E-state index contributed by atoms with van der Waals surface area (Å²) >= 11 is 0. The van der Waals surface area contributed by atoms with Crippen LogP contribution in [-0.4, -0.2) is 25.8 Å². The molecule has 2 aromatic rings. The van der Waals surface area contributed by atoms with Gasteiger partial charge in [-0.1, -0.05) is 23.8 Å². The van der Waals surface area contributed by atoms with Crippen molar-refractivity contribution < 1.29 is 13.2 Å². The SMILES string of the molecule is Cc1ccc(N=Nc2cc(C)ccc2NC(=O)[C@H]2CCS(=O)(=O)C2)cc1. The molecule has 2 aromatic carbocycles. The molecule has 1 aliphatic rings. The fraction of sp³-hybridized carbons (Fsp3) is 0.316. The van der Waals surface area contributed by atoms with E-state index in [2.05, 4.69) is 15.5 Å². The average molecular weight is 371 g/mol. The van der Waals surface area contributed by atoms with Crippen LogP contribution in [0.25, 0.3) is 0 Å². The summed E-state index contributed by atoms with van der Waals surface area (Å²) in [5, 5.41) is 11.3. The Balaban J connectivity index is 1.79. The molecule has 0 aromatic heterocycles. The van der Waals surface area contributed by atoms with Crippen molar-refractivity contribution in [1.82, 2.24) is 0 Å². The van der Waals surface area contributed by atoms with Crippen molar-refractivity contribution in [3.05, 3.63) is 53.6 Å². The number of hydrogen-bond acceptors (Lipinski definition) is 5. The maximum atomic E-state index is 12.4. The highest BCUT2D eigenvalue weighted by Gasteiger charge is 2.33. The normalized spacial score (nSPS) is 18.9. The fourth-order valence-electron chi connectivity index (χ4n) is 2.79. The summed E-state index contributed by atoms with van der Waals surface area (Å²) in [4.78, 5) is 12.4. The minimum absolute atomic E-state index is 0.0684. The molecular weight excluding hydrogens is 350 g/mol. The van der Waals surface area contributed by atoms with Crippen molar-refractivity contribution in [1.29, 1.82) is 0 Å². The number of carbonyl (C=O) groups is 1. The van der Waals surface area contributed by atoms with Crippen molar-refractivity contribution in [3.63, 3.8) is 0 Å². The maximum Gasteiger partial charge on any atom is 0.228 e. The van der Waals surface area contributed by atoms with E-state index in [1.807, 2.05) is 50.2 Å². The third kappa shape index (κ3) is 4.54. The van der Waals surface area contributed by atoms with Crippen LogP contribution in [-0.2, 0) is 14.6 Å². The summed E-state index contributed by atoms with van der Waals surface area (Å²) in [6, 6.07) is 13.1. The highest BCUT2D eigenvalue weighted by molar-refractivity contribution is 7.91. The van der Waals surface area contributed by atoms with E-state index in [4.69, 9.17) is 0 Å². The van der Waals surface area contributed by atoms with Gasteiger partial charge in [0.15, 0.2) is 9.84 Å². The third-order valence-corrected chi connectivity index (χ3v) is 6.09. The smallest absolute Gasteiger partial charge is 0.228 e. The highest BCUT2D eigenvalue weighted by atomic mass is 32.2. The van der Waals surface area contributed by atoms with Crippen LogP contribution in [0.15, 0.2) is 52.7 Å². The van der Waals surface area contributed by atoms with Crippen LogP contribution < -0.4 is 5.32 Å². The molecule has 1 heterocycles. The summed E-state index contributed by atoms with van der Waals surface area (Å²) in [6.45, 7) is 3.93. The van der Waals surface area contributed by atoms with Crippen LogP contribution in [0, 0.1) is 19.8 Å². The molecule has 7 heteroatoms. The predicted octanol–water partition coefficient (Wildman–Crippen LogP) is 4.09. The Hall–Kier alpha value is -2.54.